The molecule has 1 aliphatic rings. The normalized spacial score (nSPS) is 18.3. The molecule has 1 fully saturated rings. The predicted octanol–water partition coefficient (Wildman–Crippen LogP) is 2.13. The molecular formula is C13H20N2. The van der Waals surface area contributed by atoms with Crippen molar-refractivity contribution in [1.29, 1.82) is 0 Å². The third-order valence-electron chi connectivity index (χ3n) is 3.70. The number of hydrogen-bond acceptors (Lipinski definition) is 2. The van der Waals surface area contributed by atoms with Crippen molar-refractivity contribution in [3.8, 4) is 0 Å². The molecule has 0 aliphatic heterocycles. The van der Waals surface area contributed by atoms with Crippen LogP contribution in [0, 0.1) is 0 Å². The topological polar surface area (TPSA) is 29.3 Å². The molecule has 0 spiro atoms. The van der Waals surface area contributed by atoms with Crippen molar-refractivity contribution >= 4 is 5.69 Å². The fraction of sp³-hybridized carbons (Fsp3) is 0.538. The Morgan fingerprint density at radius 3 is 2.13 bits per heavy atom. The van der Waals surface area contributed by atoms with Crippen LogP contribution in [-0.2, 0) is 5.41 Å². The molecule has 2 N–H and O–H groups in total. The standard InChI is InChI=1S/C13H20N2/c1-15(2)12-6-4-11(5-7-12)13(10-14)8-3-9-13/h4-7H,3,8-10,14H2,1-2H3. The van der Waals surface area contributed by atoms with Crippen molar-refractivity contribution in [2.75, 3.05) is 25.5 Å². The lowest BCUT2D eigenvalue weighted by Gasteiger charge is -2.41. The fourth-order valence-corrected chi connectivity index (χ4v) is 2.33. The minimum atomic E-state index is 0.296. The van der Waals surface area contributed by atoms with Crippen molar-refractivity contribution in [3.63, 3.8) is 0 Å². The molecule has 0 saturated heterocycles. The Labute approximate surface area is 92.1 Å². The van der Waals surface area contributed by atoms with Crippen LogP contribution in [0.1, 0.15) is 24.8 Å². The van der Waals surface area contributed by atoms with Crippen molar-refractivity contribution < 1.29 is 0 Å². The van der Waals surface area contributed by atoms with Gasteiger partial charge in [0.05, 0.1) is 0 Å². The van der Waals surface area contributed by atoms with Crippen LogP contribution >= 0.6 is 0 Å². The Morgan fingerprint density at radius 2 is 1.80 bits per heavy atom. The molecule has 0 heterocycles. The quantitative estimate of drug-likeness (QED) is 0.817. The number of benzene rings is 1. The highest BCUT2D eigenvalue weighted by molar-refractivity contribution is 5.47. The maximum absolute atomic E-state index is 5.89. The summed E-state index contributed by atoms with van der Waals surface area (Å²) in [6, 6.07) is 8.85. The Bertz CT molecular complexity index is 317. The molecule has 0 amide bonds. The zero-order valence-corrected chi connectivity index (χ0v) is 9.66. The van der Waals surface area contributed by atoms with E-state index in [9.17, 15) is 0 Å². The van der Waals surface area contributed by atoms with Crippen LogP contribution in [0.25, 0.3) is 0 Å². The lowest BCUT2D eigenvalue weighted by atomic mass is 9.64. The first-order chi connectivity index (χ1) is 7.18. The third-order valence-corrected chi connectivity index (χ3v) is 3.70. The van der Waals surface area contributed by atoms with Crippen molar-refractivity contribution in [2.24, 2.45) is 5.73 Å². The average molecular weight is 204 g/mol. The highest BCUT2D eigenvalue weighted by Crippen LogP contribution is 2.42. The van der Waals surface area contributed by atoms with E-state index in [-0.39, 0.29) is 0 Å². The van der Waals surface area contributed by atoms with Gasteiger partial charge < -0.3 is 10.6 Å². The second kappa shape index (κ2) is 3.86. The summed E-state index contributed by atoms with van der Waals surface area (Å²) in [7, 11) is 4.13. The number of anilines is 1. The molecule has 0 bridgehead atoms. The SMILES string of the molecule is CN(C)c1ccc(C2(CN)CCC2)cc1. The highest BCUT2D eigenvalue weighted by Gasteiger charge is 2.36. The molecule has 1 aliphatic carbocycles. The lowest BCUT2D eigenvalue weighted by molar-refractivity contribution is 0.253. The monoisotopic (exact) mass is 204 g/mol. The summed E-state index contributed by atoms with van der Waals surface area (Å²) in [5, 5.41) is 0. The molecule has 2 rings (SSSR count). The summed E-state index contributed by atoms with van der Waals surface area (Å²) in [5.74, 6) is 0. The van der Waals surface area contributed by atoms with E-state index >= 15 is 0 Å². The number of nitrogens with two attached hydrogens (primary N) is 1. The van der Waals surface area contributed by atoms with Crippen molar-refractivity contribution in [2.45, 2.75) is 24.7 Å². The van der Waals surface area contributed by atoms with Gasteiger partial charge in [-0.15, -0.1) is 0 Å². The predicted molar refractivity (Wildman–Crippen MR) is 65.4 cm³/mol. The minimum absolute atomic E-state index is 0.296. The Kier molecular flexibility index (Phi) is 2.70. The van der Waals surface area contributed by atoms with E-state index in [1.54, 1.807) is 0 Å². The molecule has 2 heteroatoms. The molecule has 82 valence electrons. The second-order valence-electron chi connectivity index (χ2n) is 4.78. The van der Waals surface area contributed by atoms with Crippen LogP contribution in [-0.4, -0.2) is 20.6 Å². The minimum Gasteiger partial charge on any atom is -0.378 e. The zero-order chi connectivity index (χ0) is 10.9. The molecule has 0 aromatic heterocycles. The zero-order valence-electron chi connectivity index (χ0n) is 9.66. The molecule has 2 nitrogen and oxygen atoms in total. The molecule has 1 saturated carbocycles. The van der Waals surface area contributed by atoms with Crippen LogP contribution < -0.4 is 10.6 Å². The average Bonchev–Trinajstić information content (AvgIpc) is 2.18. The van der Waals surface area contributed by atoms with Gasteiger partial charge in [-0.3, -0.25) is 0 Å². The summed E-state index contributed by atoms with van der Waals surface area (Å²) in [6.07, 6.45) is 3.84. The molecule has 0 radical (unpaired) electrons. The summed E-state index contributed by atoms with van der Waals surface area (Å²) in [6.45, 7) is 0.786. The maximum Gasteiger partial charge on any atom is 0.0361 e. The second-order valence-corrected chi connectivity index (χ2v) is 4.78. The van der Waals surface area contributed by atoms with Gasteiger partial charge in [0.25, 0.3) is 0 Å². The van der Waals surface area contributed by atoms with Gasteiger partial charge in [0, 0.05) is 31.7 Å². The van der Waals surface area contributed by atoms with Crippen LogP contribution in [0.15, 0.2) is 24.3 Å². The van der Waals surface area contributed by atoms with E-state index in [2.05, 4.69) is 43.3 Å². The van der Waals surface area contributed by atoms with E-state index in [1.165, 1.54) is 30.5 Å². The van der Waals surface area contributed by atoms with E-state index in [0.717, 1.165) is 6.54 Å². The summed E-state index contributed by atoms with van der Waals surface area (Å²) in [4.78, 5) is 2.12. The number of hydrogen-bond donors (Lipinski definition) is 1. The Balaban J connectivity index is 2.23. The Morgan fingerprint density at radius 1 is 1.20 bits per heavy atom. The van der Waals surface area contributed by atoms with E-state index < -0.39 is 0 Å². The highest BCUT2D eigenvalue weighted by atomic mass is 15.1. The fourth-order valence-electron chi connectivity index (χ4n) is 2.33. The van der Waals surface area contributed by atoms with Gasteiger partial charge in [-0.05, 0) is 30.5 Å². The lowest BCUT2D eigenvalue weighted by Crippen LogP contribution is -2.41. The van der Waals surface area contributed by atoms with Gasteiger partial charge >= 0.3 is 0 Å². The molecular weight excluding hydrogens is 184 g/mol. The van der Waals surface area contributed by atoms with Crippen LogP contribution in [0.2, 0.25) is 0 Å². The van der Waals surface area contributed by atoms with Crippen molar-refractivity contribution in [3.05, 3.63) is 29.8 Å². The van der Waals surface area contributed by atoms with Gasteiger partial charge in [-0.25, -0.2) is 0 Å². The van der Waals surface area contributed by atoms with Gasteiger partial charge in [-0.2, -0.15) is 0 Å². The van der Waals surface area contributed by atoms with Gasteiger partial charge in [0.2, 0.25) is 0 Å². The first-order valence-electron chi connectivity index (χ1n) is 5.66. The van der Waals surface area contributed by atoms with Gasteiger partial charge in [0.15, 0.2) is 0 Å². The first-order valence-corrected chi connectivity index (χ1v) is 5.66. The maximum atomic E-state index is 5.89. The van der Waals surface area contributed by atoms with Crippen molar-refractivity contribution in [1.82, 2.24) is 0 Å². The summed E-state index contributed by atoms with van der Waals surface area (Å²) >= 11 is 0. The molecule has 15 heavy (non-hydrogen) atoms. The van der Waals surface area contributed by atoms with E-state index in [1.807, 2.05) is 0 Å². The third kappa shape index (κ3) is 1.74. The summed E-state index contributed by atoms with van der Waals surface area (Å²) in [5.41, 5.74) is 8.86. The van der Waals surface area contributed by atoms with Crippen LogP contribution in [0.5, 0.6) is 0 Å². The van der Waals surface area contributed by atoms with E-state index in [4.69, 9.17) is 5.73 Å². The Hall–Kier alpha value is -1.02. The van der Waals surface area contributed by atoms with Crippen LogP contribution in [0.4, 0.5) is 5.69 Å². The molecule has 1 aromatic rings. The van der Waals surface area contributed by atoms with Gasteiger partial charge in [-0.1, -0.05) is 18.6 Å². The molecule has 0 unspecified atom stereocenters. The molecule has 0 atom stereocenters. The summed E-state index contributed by atoms with van der Waals surface area (Å²) < 4.78 is 0. The van der Waals surface area contributed by atoms with Crippen LogP contribution in [0.3, 0.4) is 0 Å². The number of rotatable bonds is 3. The smallest absolute Gasteiger partial charge is 0.0361 e. The first kappa shape index (κ1) is 10.5. The van der Waals surface area contributed by atoms with Gasteiger partial charge in [0.1, 0.15) is 0 Å². The van der Waals surface area contributed by atoms with E-state index in [0.29, 0.717) is 5.41 Å². The number of nitrogens with zero attached hydrogens (tertiary/aromatic N) is 1. The molecule has 1 aromatic carbocycles. The largest absolute Gasteiger partial charge is 0.378 e.